The van der Waals surface area contributed by atoms with Gasteiger partial charge in [0, 0.05) is 38.5 Å². The molecule has 24 heavy (non-hydrogen) atoms. The van der Waals surface area contributed by atoms with Crippen molar-refractivity contribution in [2.45, 2.75) is 13.5 Å². The number of amides is 2. The lowest BCUT2D eigenvalue weighted by Gasteiger charge is -2.34. The van der Waals surface area contributed by atoms with Gasteiger partial charge in [0.15, 0.2) is 0 Å². The number of carbonyl (C=O) groups is 2. The number of carbonyl (C=O) groups excluding carboxylic acids is 2. The van der Waals surface area contributed by atoms with Gasteiger partial charge in [0.25, 0.3) is 5.91 Å². The van der Waals surface area contributed by atoms with Crippen molar-refractivity contribution >= 4 is 23.2 Å². The molecule has 1 aliphatic heterocycles. The molecule has 1 aromatic carbocycles. The first-order valence-corrected chi connectivity index (χ1v) is 8.73. The third-order valence-corrected chi connectivity index (χ3v) is 4.62. The van der Waals surface area contributed by atoms with Gasteiger partial charge in [0.05, 0.1) is 16.8 Å². The van der Waals surface area contributed by atoms with E-state index in [0.717, 1.165) is 5.69 Å². The van der Waals surface area contributed by atoms with Crippen LogP contribution in [0.1, 0.15) is 23.0 Å². The number of hydrogen-bond acceptors (Lipinski definition) is 5. The molecule has 0 saturated carbocycles. The van der Waals surface area contributed by atoms with Crippen LogP contribution in [0.3, 0.4) is 0 Å². The van der Waals surface area contributed by atoms with E-state index in [4.69, 9.17) is 4.74 Å². The topological polar surface area (TPSA) is 62.7 Å². The third kappa shape index (κ3) is 3.73. The number of benzene rings is 1. The molecule has 6 nitrogen and oxygen atoms in total. The lowest BCUT2D eigenvalue weighted by molar-refractivity contribution is -0.130. The summed E-state index contributed by atoms with van der Waals surface area (Å²) in [7, 11) is 0. The number of aromatic nitrogens is 1. The van der Waals surface area contributed by atoms with Crippen LogP contribution in [0.2, 0.25) is 0 Å². The normalized spacial score (nSPS) is 14.5. The van der Waals surface area contributed by atoms with E-state index < -0.39 is 0 Å². The number of thiazole rings is 1. The molecule has 0 aliphatic carbocycles. The third-order valence-electron chi connectivity index (χ3n) is 3.99. The number of piperazine rings is 1. The summed E-state index contributed by atoms with van der Waals surface area (Å²) in [6, 6.07) is 7.25. The van der Waals surface area contributed by atoms with Gasteiger partial charge >= 0.3 is 0 Å². The fourth-order valence-corrected chi connectivity index (χ4v) is 3.17. The number of para-hydroxylation sites is 1. The summed E-state index contributed by atoms with van der Waals surface area (Å²) in [6.07, 6.45) is 0. The number of ether oxygens (including phenoxy) is 1. The van der Waals surface area contributed by atoms with Gasteiger partial charge in [-0.25, -0.2) is 4.98 Å². The first-order chi connectivity index (χ1) is 11.6. The van der Waals surface area contributed by atoms with Gasteiger partial charge in [-0.05, 0) is 12.1 Å². The quantitative estimate of drug-likeness (QED) is 0.851. The van der Waals surface area contributed by atoms with Gasteiger partial charge in [-0.2, -0.15) is 0 Å². The second-order valence-corrected chi connectivity index (χ2v) is 6.28. The molecule has 126 valence electrons. The molecule has 0 atom stereocenters. The molecule has 0 unspecified atom stereocenters. The van der Waals surface area contributed by atoms with E-state index in [1.54, 1.807) is 34.4 Å². The molecule has 0 bridgehead atoms. The van der Waals surface area contributed by atoms with Crippen LogP contribution < -0.4 is 4.74 Å². The van der Waals surface area contributed by atoms with Crippen LogP contribution in [0.15, 0.2) is 35.2 Å². The summed E-state index contributed by atoms with van der Waals surface area (Å²) < 4.78 is 5.78. The lowest BCUT2D eigenvalue weighted by atomic mass is 10.1. The predicted molar refractivity (Wildman–Crippen MR) is 91.0 cm³/mol. The minimum atomic E-state index is -0.0629. The molecule has 0 spiro atoms. The highest BCUT2D eigenvalue weighted by molar-refractivity contribution is 7.07. The van der Waals surface area contributed by atoms with Crippen LogP contribution >= 0.6 is 11.3 Å². The summed E-state index contributed by atoms with van der Waals surface area (Å²) >= 11 is 1.51. The van der Waals surface area contributed by atoms with Gasteiger partial charge in [0.1, 0.15) is 12.4 Å². The lowest BCUT2D eigenvalue weighted by Crippen LogP contribution is -2.50. The number of hydrogen-bond donors (Lipinski definition) is 0. The minimum absolute atomic E-state index is 0.0501. The molecule has 0 radical (unpaired) electrons. The SMILES string of the molecule is CC(=O)N1CCN(C(=O)c2ccccc2OCc2cscn2)CC1. The molecule has 0 N–H and O–H groups in total. The second-order valence-electron chi connectivity index (χ2n) is 5.56. The zero-order valence-electron chi connectivity index (χ0n) is 13.5. The van der Waals surface area contributed by atoms with Gasteiger partial charge < -0.3 is 14.5 Å². The Morgan fingerprint density at radius 3 is 2.54 bits per heavy atom. The summed E-state index contributed by atoms with van der Waals surface area (Å²) in [4.78, 5) is 31.9. The molecule has 1 fully saturated rings. The number of rotatable bonds is 4. The Balaban J connectivity index is 1.67. The first-order valence-electron chi connectivity index (χ1n) is 7.79. The van der Waals surface area contributed by atoms with Crippen LogP contribution in [0, 0.1) is 0 Å². The van der Waals surface area contributed by atoms with Crippen LogP contribution in [0.4, 0.5) is 0 Å². The molecule has 2 heterocycles. The molecule has 1 aliphatic rings. The fourth-order valence-electron chi connectivity index (χ4n) is 2.62. The van der Waals surface area contributed by atoms with Gasteiger partial charge in [-0.3, -0.25) is 9.59 Å². The summed E-state index contributed by atoms with van der Waals surface area (Å²) in [5.74, 6) is 0.547. The van der Waals surface area contributed by atoms with Crippen LogP contribution in [-0.2, 0) is 11.4 Å². The van der Waals surface area contributed by atoms with Crippen molar-refractivity contribution in [3.8, 4) is 5.75 Å². The Kier molecular flexibility index (Phi) is 5.10. The average molecular weight is 345 g/mol. The Hall–Kier alpha value is -2.41. The molecule has 2 amide bonds. The highest BCUT2D eigenvalue weighted by atomic mass is 32.1. The molecule has 3 rings (SSSR count). The molecular formula is C17H19N3O3S. The van der Waals surface area contributed by atoms with E-state index in [0.29, 0.717) is 44.1 Å². The monoisotopic (exact) mass is 345 g/mol. The maximum absolute atomic E-state index is 12.8. The maximum atomic E-state index is 12.8. The summed E-state index contributed by atoms with van der Waals surface area (Å²) in [5.41, 5.74) is 3.14. The maximum Gasteiger partial charge on any atom is 0.257 e. The van der Waals surface area contributed by atoms with Crippen LogP contribution in [0.25, 0.3) is 0 Å². The van der Waals surface area contributed by atoms with E-state index in [-0.39, 0.29) is 11.8 Å². The van der Waals surface area contributed by atoms with Gasteiger partial charge in [-0.15, -0.1) is 11.3 Å². The Morgan fingerprint density at radius 2 is 1.88 bits per heavy atom. The van der Waals surface area contributed by atoms with E-state index >= 15 is 0 Å². The van der Waals surface area contributed by atoms with Gasteiger partial charge in [0.2, 0.25) is 5.91 Å². The Bertz CT molecular complexity index is 710. The molecular weight excluding hydrogens is 326 g/mol. The smallest absolute Gasteiger partial charge is 0.257 e. The van der Waals surface area contributed by atoms with Crippen molar-refractivity contribution in [3.63, 3.8) is 0 Å². The summed E-state index contributed by atoms with van der Waals surface area (Å²) in [5, 5.41) is 1.92. The Morgan fingerprint density at radius 1 is 1.17 bits per heavy atom. The van der Waals surface area contributed by atoms with E-state index in [9.17, 15) is 9.59 Å². The van der Waals surface area contributed by atoms with Crippen molar-refractivity contribution < 1.29 is 14.3 Å². The van der Waals surface area contributed by atoms with Crippen LogP contribution in [0.5, 0.6) is 5.75 Å². The van der Waals surface area contributed by atoms with Crippen molar-refractivity contribution in [2.75, 3.05) is 26.2 Å². The van der Waals surface area contributed by atoms with Crippen molar-refractivity contribution in [2.24, 2.45) is 0 Å². The largest absolute Gasteiger partial charge is 0.486 e. The second kappa shape index (κ2) is 7.44. The molecule has 1 aromatic heterocycles. The fraction of sp³-hybridized carbons (Fsp3) is 0.353. The number of nitrogens with zero attached hydrogens (tertiary/aromatic N) is 3. The molecule has 2 aromatic rings. The van der Waals surface area contributed by atoms with Crippen molar-refractivity contribution in [1.29, 1.82) is 0 Å². The zero-order valence-corrected chi connectivity index (χ0v) is 14.3. The van der Waals surface area contributed by atoms with E-state index in [2.05, 4.69) is 4.98 Å². The molecule has 7 heteroatoms. The zero-order chi connectivity index (χ0) is 16.9. The minimum Gasteiger partial charge on any atom is -0.486 e. The van der Waals surface area contributed by atoms with Crippen molar-refractivity contribution in [3.05, 3.63) is 46.4 Å². The highest BCUT2D eigenvalue weighted by Gasteiger charge is 2.25. The first kappa shape index (κ1) is 16.4. The van der Waals surface area contributed by atoms with E-state index in [1.807, 2.05) is 17.5 Å². The molecule has 1 saturated heterocycles. The predicted octanol–water partition coefficient (Wildman–Crippen LogP) is 2.03. The van der Waals surface area contributed by atoms with Crippen molar-refractivity contribution in [1.82, 2.24) is 14.8 Å². The highest BCUT2D eigenvalue weighted by Crippen LogP contribution is 2.22. The summed E-state index contributed by atoms with van der Waals surface area (Å²) in [6.45, 7) is 4.12. The van der Waals surface area contributed by atoms with Crippen LogP contribution in [-0.4, -0.2) is 52.8 Å². The average Bonchev–Trinajstić information content (AvgIpc) is 3.13. The standard InChI is InChI=1S/C17H19N3O3S/c1-13(21)19-6-8-20(9-7-19)17(22)15-4-2-3-5-16(15)23-10-14-11-24-12-18-14/h2-5,11-12H,6-10H2,1H3. The van der Waals surface area contributed by atoms with Gasteiger partial charge in [-0.1, -0.05) is 12.1 Å². The van der Waals surface area contributed by atoms with E-state index in [1.165, 1.54) is 11.3 Å². The Labute approximate surface area is 144 Å².